The molecule has 0 bridgehead atoms. The number of guanidine groups is 1. The molecule has 0 amide bonds. The molecule has 3 rings (SSSR count). The van der Waals surface area contributed by atoms with Gasteiger partial charge in [-0.05, 0) is 43.5 Å². The fraction of sp³-hybridized carbons (Fsp3) is 0.474. The van der Waals surface area contributed by atoms with E-state index in [1.54, 1.807) is 17.1 Å². The Morgan fingerprint density at radius 1 is 1.36 bits per heavy atom. The van der Waals surface area contributed by atoms with E-state index in [-0.39, 0.29) is 35.9 Å². The predicted molar refractivity (Wildman–Crippen MR) is 118 cm³/mol. The summed E-state index contributed by atoms with van der Waals surface area (Å²) in [6.07, 6.45) is 6.95. The first-order chi connectivity index (χ1) is 13.2. The minimum absolute atomic E-state index is 0. The summed E-state index contributed by atoms with van der Waals surface area (Å²) >= 11 is 0. The number of carbonyl (C=O) groups is 1. The first-order valence-electron chi connectivity index (χ1n) is 9.27. The summed E-state index contributed by atoms with van der Waals surface area (Å²) in [7, 11) is 1.45. The van der Waals surface area contributed by atoms with Crippen LogP contribution in [0.3, 0.4) is 0 Å². The Labute approximate surface area is 182 Å². The van der Waals surface area contributed by atoms with E-state index >= 15 is 0 Å². The number of hydrogen-bond donors (Lipinski definition) is 1. The third-order valence-electron chi connectivity index (χ3n) is 4.62. The molecule has 28 heavy (non-hydrogen) atoms. The highest BCUT2D eigenvalue weighted by atomic mass is 127. The largest absolute Gasteiger partial charge is 0.469 e. The number of aliphatic imine (C=N–C) groups is 1. The second-order valence-electron chi connectivity index (χ2n) is 6.43. The van der Waals surface area contributed by atoms with E-state index in [1.165, 1.54) is 7.11 Å². The first kappa shape index (κ1) is 22.1. The summed E-state index contributed by atoms with van der Waals surface area (Å²) in [5.41, 5.74) is 1.07. The zero-order valence-electron chi connectivity index (χ0n) is 16.2. The summed E-state index contributed by atoms with van der Waals surface area (Å²) in [5.74, 6) is 1.53. The molecule has 1 aliphatic rings. The quantitative estimate of drug-likeness (QED) is 0.295. The molecule has 8 nitrogen and oxygen atoms in total. The molecule has 0 unspecified atom stereocenters. The van der Waals surface area contributed by atoms with Gasteiger partial charge in [0.2, 0.25) is 0 Å². The summed E-state index contributed by atoms with van der Waals surface area (Å²) < 4.78 is 6.60. The van der Waals surface area contributed by atoms with Crippen molar-refractivity contribution in [2.45, 2.75) is 26.3 Å². The Morgan fingerprint density at radius 3 is 2.79 bits per heavy atom. The smallest absolute Gasteiger partial charge is 0.308 e. The number of carbonyl (C=O) groups excluding carboxylic acids is 1. The highest BCUT2D eigenvalue weighted by Crippen LogP contribution is 2.18. The van der Waals surface area contributed by atoms with Gasteiger partial charge in [0.25, 0.3) is 0 Å². The SMILES string of the molecule is CCNC(=NCc1ccnc(-n2cccn2)c1)N1CCC(C(=O)OC)CC1.I. The van der Waals surface area contributed by atoms with Crippen LogP contribution in [0.1, 0.15) is 25.3 Å². The Kier molecular flexibility index (Phi) is 8.68. The van der Waals surface area contributed by atoms with Crippen molar-refractivity contribution < 1.29 is 9.53 Å². The third-order valence-corrected chi connectivity index (χ3v) is 4.62. The van der Waals surface area contributed by atoms with Crippen molar-refractivity contribution >= 4 is 35.9 Å². The number of halogens is 1. The molecule has 1 saturated heterocycles. The van der Waals surface area contributed by atoms with Gasteiger partial charge in [0.1, 0.15) is 0 Å². The summed E-state index contributed by atoms with van der Waals surface area (Å²) in [6.45, 7) is 4.99. The van der Waals surface area contributed by atoms with Gasteiger partial charge in [-0.25, -0.2) is 14.7 Å². The summed E-state index contributed by atoms with van der Waals surface area (Å²) in [5, 5.41) is 7.56. The van der Waals surface area contributed by atoms with Gasteiger partial charge in [0, 0.05) is 38.2 Å². The van der Waals surface area contributed by atoms with Crippen LogP contribution in [0.4, 0.5) is 0 Å². The maximum absolute atomic E-state index is 11.7. The number of hydrogen-bond acceptors (Lipinski definition) is 5. The van der Waals surface area contributed by atoms with Crippen molar-refractivity contribution in [1.82, 2.24) is 25.0 Å². The van der Waals surface area contributed by atoms with Crippen molar-refractivity contribution in [3.63, 3.8) is 0 Å². The maximum Gasteiger partial charge on any atom is 0.308 e. The zero-order valence-corrected chi connectivity index (χ0v) is 18.6. The monoisotopic (exact) mass is 498 g/mol. The van der Waals surface area contributed by atoms with Crippen LogP contribution >= 0.6 is 24.0 Å². The second kappa shape index (κ2) is 11.0. The zero-order chi connectivity index (χ0) is 19.1. The predicted octanol–water partition coefficient (Wildman–Crippen LogP) is 2.24. The highest BCUT2D eigenvalue weighted by Gasteiger charge is 2.26. The number of rotatable bonds is 5. The van der Waals surface area contributed by atoms with E-state index in [0.29, 0.717) is 6.54 Å². The van der Waals surface area contributed by atoms with Gasteiger partial charge in [-0.3, -0.25) is 4.79 Å². The molecule has 0 atom stereocenters. The van der Waals surface area contributed by atoms with Gasteiger partial charge < -0.3 is 15.0 Å². The van der Waals surface area contributed by atoms with E-state index in [0.717, 1.165) is 49.8 Å². The fourth-order valence-corrected chi connectivity index (χ4v) is 3.17. The van der Waals surface area contributed by atoms with Crippen molar-refractivity contribution in [3.8, 4) is 5.82 Å². The Morgan fingerprint density at radius 2 is 2.14 bits per heavy atom. The third kappa shape index (κ3) is 5.66. The number of aromatic nitrogens is 3. The molecule has 0 aliphatic carbocycles. The molecule has 1 fully saturated rings. The molecular weight excluding hydrogens is 471 g/mol. The number of ether oxygens (including phenoxy) is 1. The first-order valence-corrected chi connectivity index (χ1v) is 9.27. The van der Waals surface area contributed by atoms with E-state index in [9.17, 15) is 4.79 Å². The molecule has 9 heteroatoms. The van der Waals surface area contributed by atoms with Crippen LogP contribution in [0.15, 0.2) is 41.8 Å². The van der Waals surface area contributed by atoms with Crippen molar-refractivity contribution in [1.29, 1.82) is 0 Å². The van der Waals surface area contributed by atoms with Gasteiger partial charge in [-0.2, -0.15) is 5.10 Å². The normalized spacial score (nSPS) is 15.1. The fourth-order valence-electron chi connectivity index (χ4n) is 3.17. The van der Waals surface area contributed by atoms with Crippen LogP contribution in [-0.2, 0) is 16.1 Å². The molecule has 0 aromatic carbocycles. The molecule has 2 aromatic heterocycles. The molecular formula is C19H27IN6O2. The maximum atomic E-state index is 11.7. The Balaban J connectivity index is 0.00000280. The van der Waals surface area contributed by atoms with Crippen molar-refractivity contribution in [2.24, 2.45) is 10.9 Å². The number of piperidine rings is 1. The average molecular weight is 498 g/mol. The molecule has 0 saturated carbocycles. The highest BCUT2D eigenvalue weighted by molar-refractivity contribution is 14.0. The van der Waals surface area contributed by atoms with E-state index in [4.69, 9.17) is 9.73 Å². The number of likely N-dealkylation sites (tertiary alicyclic amines) is 1. The molecule has 1 N–H and O–H groups in total. The number of pyridine rings is 1. The molecule has 1 aliphatic heterocycles. The van der Waals surface area contributed by atoms with Gasteiger partial charge >= 0.3 is 5.97 Å². The molecule has 3 heterocycles. The number of nitrogens with zero attached hydrogens (tertiary/aromatic N) is 5. The van der Waals surface area contributed by atoms with Gasteiger partial charge in [0.05, 0.1) is 19.6 Å². The standard InChI is InChI=1S/C19H26N6O2.HI/c1-3-20-19(24-11-6-16(7-12-24)18(26)27-2)22-14-15-5-9-21-17(13-15)25-10-4-8-23-25;/h4-5,8-10,13,16H,3,6-7,11-12,14H2,1-2H3,(H,20,22);1H. The Hall–Kier alpha value is -2.17. The second-order valence-corrected chi connectivity index (χ2v) is 6.43. The van der Waals surface area contributed by atoms with Crippen LogP contribution in [-0.4, -0.2) is 58.3 Å². The van der Waals surface area contributed by atoms with Gasteiger partial charge in [-0.1, -0.05) is 0 Å². The lowest BCUT2D eigenvalue weighted by Gasteiger charge is -2.33. The summed E-state index contributed by atoms with van der Waals surface area (Å²) in [6, 6.07) is 5.82. The van der Waals surface area contributed by atoms with Crippen LogP contribution in [0.25, 0.3) is 5.82 Å². The minimum atomic E-state index is -0.112. The lowest BCUT2D eigenvalue weighted by atomic mass is 9.97. The van der Waals surface area contributed by atoms with Gasteiger partial charge in [-0.15, -0.1) is 24.0 Å². The van der Waals surface area contributed by atoms with Crippen molar-refractivity contribution in [3.05, 3.63) is 42.4 Å². The number of methoxy groups -OCH3 is 1. The molecule has 0 spiro atoms. The number of esters is 1. The molecule has 2 aromatic rings. The number of nitrogens with one attached hydrogen (secondary N) is 1. The van der Waals surface area contributed by atoms with Crippen molar-refractivity contribution in [2.75, 3.05) is 26.7 Å². The molecule has 152 valence electrons. The Bertz CT molecular complexity index is 772. The van der Waals surface area contributed by atoms with E-state index in [1.807, 2.05) is 24.4 Å². The minimum Gasteiger partial charge on any atom is -0.469 e. The van der Waals surface area contributed by atoms with E-state index < -0.39 is 0 Å². The topological polar surface area (TPSA) is 84.6 Å². The van der Waals surface area contributed by atoms with Crippen LogP contribution < -0.4 is 5.32 Å². The van der Waals surface area contributed by atoms with Gasteiger partial charge in [0.15, 0.2) is 11.8 Å². The molecule has 0 radical (unpaired) electrons. The lowest BCUT2D eigenvalue weighted by molar-refractivity contribution is -0.146. The van der Waals surface area contributed by atoms with Crippen LogP contribution in [0.5, 0.6) is 0 Å². The summed E-state index contributed by atoms with van der Waals surface area (Å²) in [4.78, 5) is 23.0. The van der Waals surface area contributed by atoms with Crippen LogP contribution in [0.2, 0.25) is 0 Å². The van der Waals surface area contributed by atoms with Crippen LogP contribution in [0, 0.1) is 5.92 Å². The average Bonchev–Trinajstić information content (AvgIpc) is 3.26. The van der Waals surface area contributed by atoms with E-state index in [2.05, 4.69) is 27.2 Å². The lowest BCUT2D eigenvalue weighted by Crippen LogP contribution is -2.46.